The van der Waals surface area contributed by atoms with Gasteiger partial charge >= 0.3 is 0 Å². The van der Waals surface area contributed by atoms with Crippen LogP contribution in [0.5, 0.6) is 0 Å². The lowest BCUT2D eigenvalue weighted by atomic mass is 10.2. The lowest BCUT2D eigenvalue weighted by Gasteiger charge is -2.35. The third-order valence-corrected chi connectivity index (χ3v) is 5.79. The predicted molar refractivity (Wildman–Crippen MR) is 144 cm³/mol. The molecule has 0 aliphatic carbocycles. The molecular formula is C26H31N7OS. The van der Waals surface area contributed by atoms with E-state index >= 15 is 0 Å². The van der Waals surface area contributed by atoms with Gasteiger partial charge in [0.25, 0.3) is 0 Å². The van der Waals surface area contributed by atoms with E-state index in [0.717, 1.165) is 49.9 Å². The highest BCUT2D eigenvalue weighted by Gasteiger charge is 2.21. The first-order valence-corrected chi connectivity index (χ1v) is 12.1. The number of nitrogens with one attached hydrogen (secondary N) is 2. The second kappa shape index (κ2) is 12.2. The van der Waals surface area contributed by atoms with Crippen LogP contribution in [-0.2, 0) is 6.54 Å². The van der Waals surface area contributed by atoms with Gasteiger partial charge in [0.15, 0.2) is 5.11 Å². The van der Waals surface area contributed by atoms with Crippen LogP contribution in [0.15, 0.2) is 70.3 Å². The Morgan fingerprint density at radius 3 is 2.49 bits per heavy atom. The Labute approximate surface area is 211 Å². The molecule has 1 aliphatic heterocycles. The molecule has 2 N–H and O–H groups in total. The van der Waals surface area contributed by atoms with E-state index in [1.54, 1.807) is 6.26 Å². The summed E-state index contributed by atoms with van der Waals surface area (Å²) in [6, 6.07) is 16.1. The number of piperazine rings is 1. The third-order valence-electron chi connectivity index (χ3n) is 5.55. The minimum Gasteiger partial charge on any atom is -0.467 e. The molecule has 0 saturated carbocycles. The Bertz CT molecular complexity index is 1130. The first kappa shape index (κ1) is 24.6. The lowest BCUT2D eigenvalue weighted by Crippen LogP contribution is -2.51. The van der Waals surface area contributed by atoms with E-state index in [4.69, 9.17) is 16.6 Å². The fraction of sp³-hybridized carbons (Fsp3) is 0.308. The van der Waals surface area contributed by atoms with Crippen molar-refractivity contribution < 1.29 is 4.42 Å². The second-order valence-corrected chi connectivity index (χ2v) is 8.76. The summed E-state index contributed by atoms with van der Waals surface area (Å²) >= 11 is 5.50. The van der Waals surface area contributed by atoms with Crippen molar-refractivity contribution in [2.24, 2.45) is 4.99 Å². The van der Waals surface area contributed by atoms with Crippen LogP contribution in [0.25, 0.3) is 6.08 Å². The van der Waals surface area contributed by atoms with Crippen LogP contribution in [0, 0.1) is 13.8 Å². The maximum Gasteiger partial charge on any atom is 0.229 e. The lowest BCUT2D eigenvalue weighted by molar-refractivity contribution is 0.198. The van der Waals surface area contributed by atoms with Crippen LogP contribution in [0.2, 0.25) is 0 Å². The van der Waals surface area contributed by atoms with Crippen molar-refractivity contribution in [3.05, 3.63) is 83.6 Å². The summed E-state index contributed by atoms with van der Waals surface area (Å²) in [5.41, 5.74) is 3.01. The van der Waals surface area contributed by atoms with Gasteiger partial charge in [-0.25, -0.2) is 9.97 Å². The van der Waals surface area contributed by atoms with E-state index in [9.17, 15) is 0 Å². The van der Waals surface area contributed by atoms with Crippen molar-refractivity contribution >= 4 is 35.3 Å². The second-order valence-electron chi connectivity index (χ2n) is 8.37. The molecule has 182 valence electrons. The summed E-state index contributed by atoms with van der Waals surface area (Å²) in [7, 11) is 0. The molecule has 0 spiro atoms. The van der Waals surface area contributed by atoms with Crippen molar-refractivity contribution in [3.8, 4) is 0 Å². The molecule has 0 atom stereocenters. The van der Waals surface area contributed by atoms with Gasteiger partial charge in [0.2, 0.25) is 11.9 Å². The third kappa shape index (κ3) is 7.73. The van der Waals surface area contributed by atoms with Crippen molar-refractivity contribution in [1.82, 2.24) is 25.1 Å². The first-order chi connectivity index (χ1) is 17.0. The zero-order valence-electron chi connectivity index (χ0n) is 20.1. The van der Waals surface area contributed by atoms with Crippen molar-refractivity contribution in [2.75, 3.05) is 38.0 Å². The molecule has 0 unspecified atom stereocenters. The van der Waals surface area contributed by atoms with E-state index in [1.807, 2.05) is 38.1 Å². The van der Waals surface area contributed by atoms with Crippen LogP contribution < -0.4 is 10.6 Å². The Balaban J connectivity index is 1.39. The summed E-state index contributed by atoms with van der Waals surface area (Å²) < 4.78 is 5.37. The van der Waals surface area contributed by atoms with Gasteiger partial charge in [0, 0.05) is 44.1 Å². The number of rotatable bonds is 6. The molecule has 0 bridgehead atoms. The van der Waals surface area contributed by atoms with Gasteiger partial charge in [-0.15, -0.1) is 0 Å². The normalized spacial score (nSPS) is 14.9. The Morgan fingerprint density at radius 2 is 1.80 bits per heavy atom. The molecule has 9 heteroatoms. The van der Waals surface area contributed by atoms with Crippen molar-refractivity contribution in [3.63, 3.8) is 0 Å². The van der Waals surface area contributed by atoms with Gasteiger partial charge in [-0.1, -0.05) is 42.5 Å². The van der Waals surface area contributed by atoms with Gasteiger partial charge < -0.3 is 14.6 Å². The number of aliphatic imine (C=N–C) groups is 1. The molecule has 1 saturated heterocycles. The number of aryl methyl sites for hydroxylation is 2. The molecule has 3 aromatic rings. The van der Waals surface area contributed by atoms with Crippen LogP contribution in [0.3, 0.4) is 0 Å². The number of hydrogen-bond donors (Lipinski definition) is 2. The molecule has 0 amide bonds. The van der Waals surface area contributed by atoms with Gasteiger partial charge in [0.05, 0.1) is 12.8 Å². The predicted octanol–water partition coefficient (Wildman–Crippen LogP) is 3.86. The van der Waals surface area contributed by atoms with Crippen LogP contribution in [0.4, 0.5) is 5.95 Å². The van der Waals surface area contributed by atoms with Gasteiger partial charge in [-0.05, 0) is 49.8 Å². The Morgan fingerprint density at radius 1 is 1.06 bits per heavy atom. The van der Waals surface area contributed by atoms with Gasteiger partial charge in [0.1, 0.15) is 5.76 Å². The first-order valence-electron chi connectivity index (χ1n) is 11.7. The molecule has 1 aromatic carbocycles. The van der Waals surface area contributed by atoms with E-state index < -0.39 is 0 Å². The molecule has 35 heavy (non-hydrogen) atoms. The Hall–Kier alpha value is -3.56. The molecule has 1 aliphatic rings. The van der Waals surface area contributed by atoms with E-state index in [1.165, 1.54) is 5.56 Å². The number of aromatic nitrogens is 2. The molecule has 8 nitrogen and oxygen atoms in total. The summed E-state index contributed by atoms with van der Waals surface area (Å²) in [4.78, 5) is 18.3. The molecule has 0 radical (unpaired) electrons. The van der Waals surface area contributed by atoms with Crippen LogP contribution in [-0.4, -0.2) is 63.6 Å². The number of furan rings is 1. The maximum atomic E-state index is 5.50. The maximum absolute atomic E-state index is 5.50. The number of hydrogen-bond acceptors (Lipinski definition) is 5. The zero-order valence-corrected chi connectivity index (χ0v) is 21.0. The minimum atomic E-state index is 0.376. The van der Waals surface area contributed by atoms with Crippen LogP contribution >= 0.6 is 12.2 Å². The van der Waals surface area contributed by atoms with E-state index in [0.29, 0.717) is 23.6 Å². The zero-order chi connectivity index (χ0) is 24.5. The average Bonchev–Trinajstić information content (AvgIpc) is 3.37. The number of benzene rings is 1. The summed E-state index contributed by atoms with van der Waals surface area (Å²) in [5.74, 6) is 1.96. The largest absolute Gasteiger partial charge is 0.467 e. The highest BCUT2D eigenvalue weighted by molar-refractivity contribution is 7.80. The monoisotopic (exact) mass is 489 g/mol. The average molecular weight is 490 g/mol. The van der Waals surface area contributed by atoms with Gasteiger partial charge in [-0.3, -0.25) is 10.2 Å². The fourth-order valence-corrected chi connectivity index (χ4v) is 3.97. The smallest absolute Gasteiger partial charge is 0.229 e. The standard InChI is InChI=1S/C26H31N7OS/c1-20-18-21(2)29-24(28-20)30-25(31-26(35)27-19-23-11-7-17-34-23)33-15-13-32(14-16-33)12-6-10-22-8-4-3-5-9-22/h3-11,17-18H,12-16,19H2,1-2H3,(H2,27,28,29,30,31,35)/b10-6+. The minimum absolute atomic E-state index is 0.376. The molecular weight excluding hydrogens is 458 g/mol. The molecule has 2 aromatic heterocycles. The van der Waals surface area contributed by atoms with E-state index in [2.05, 4.69) is 71.8 Å². The SMILES string of the molecule is Cc1cc(C)nc(N/C(=N/C(=S)NCc2ccco2)N2CCN(C/C=C/c3ccccc3)CC2)n1. The number of guanidine groups is 1. The van der Waals surface area contributed by atoms with Crippen LogP contribution in [0.1, 0.15) is 22.7 Å². The number of nitrogens with zero attached hydrogens (tertiary/aromatic N) is 5. The molecule has 4 rings (SSSR count). The van der Waals surface area contributed by atoms with Crippen molar-refractivity contribution in [2.45, 2.75) is 20.4 Å². The Kier molecular flexibility index (Phi) is 8.58. The molecule has 3 heterocycles. The molecule has 1 fully saturated rings. The van der Waals surface area contributed by atoms with Crippen molar-refractivity contribution in [1.29, 1.82) is 0 Å². The fourth-order valence-electron chi connectivity index (χ4n) is 3.82. The summed E-state index contributed by atoms with van der Waals surface area (Å²) in [5, 5.41) is 6.82. The topological polar surface area (TPSA) is 81.8 Å². The summed E-state index contributed by atoms with van der Waals surface area (Å²) in [6.45, 7) is 8.76. The van der Waals surface area contributed by atoms with E-state index in [-0.39, 0.29) is 0 Å². The number of thiocarbonyl (C=S) groups is 1. The number of anilines is 1. The summed E-state index contributed by atoms with van der Waals surface area (Å²) in [6.07, 6.45) is 6.03. The van der Waals surface area contributed by atoms with Gasteiger partial charge in [-0.2, -0.15) is 4.99 Å². The quantitative estimate of drug-likeness (QED) is 0.307. The highest BCUT2D eigenvalue weighted by atomic mass is 32.1. The highest BCUT2D eigenvalue weighted by Crippen LogP contribution is 2.09.